The maximum Gasteiger partial charge on any atom is 0.306 e. The molecule has 1 unspecified atom stereocenters. The maximum atomic E-state index is 11.4. The van der Waals surface area contributed by atoms with Crippen LogP contribution in [0.15, 0.2) is 11.6 Å². The van der Waals surface area contributed by atoms with E-state index >= 15 is 0 Å². The summed E-state index contributed by atoms with van der Waals surface area (Å²) in [4.78, 5) is 11.4. The van der Waals surface area contributed by atoms with Gasteiger partial charge >= 0.3 is 5.97 Å². The number of ether oxygens (including phenoxy) is 1. The predicted molar refractivity (Wildman–Crippen MR) is 61.5 cm³/mol. The van der Waals surface area contributed by atoms with Crippen LogP contribution in [0.25, 0.3) is 0 Å². The Morgan fingerprint density at radius 2 is 2.27 bits per heavy atom. The smallest absolute Gasteiger partial charge is 0.306 e. The number of esters is 1. The second-order valence-electron chi connectivity index (χ2n) is 4.99. The van der Waals surface area contributed by atoms with Gasteiger partial charge in [-0.2, -0.15) is 0 Å². The summed E-state index contributed by atoms with van der Waals surface area (Å²) >= 11 is 0. The molecule has 0 spiro atoms. The number of hydrogen-bond donors (Lipinski definition) is 0. The Labute approximate surface area is 92.7 Å². The molecule has 1 rings (SSSR count). The molecule has 0 aliphatic heterocycles. The van der Waals surface area contributed by atoms with E-state index in [1.807, 2.05) is 0 Å². The minimum absolute atomic E-state index is 0.0886. The lowest BCUT2D eigenvalue weighted by molar-refractivity contribution is -0.142. The zero-order valence-electron chi connectivity index (χ0n) is 10.3. The number of methoxy groups -OCH3 is 1. The summed E-state index contributed by atoms with van der Waals surface area (Å²) in [6.07, 6.45) is 6.19. The van der Waals surface area contributed by atoms with Gasteiger partial charge in [-0.3, -0.25) is 4.79 Å². The standard InChI is InChI=1S/C13H22O2/c1-5-10-7-6-8-13(2,3)11(10)9-12(14)15-4/h7,11H,5-6,8-9H2,1-4H3. The molecule has 0 heterocycles. The van der Waals surface area contributed by atoms with Gasteiger partial charge in [-0.25, -0.2) is 0 Å². The summed E-state index contributed by atoms with van der Waals surface area (Å²) in [5, 5.41) is 0. The highest BCUT2D eigenvalue weighted by atomic mass is 16.5. The molecular formula is C13H22O2. The van der Waals surface area contributed by atoms with E-state index in [2.05, 4.69) is 26.8 Å². The van der Waals surface area contributed by atoms with Crippen molar-refractivity contribution in [2.45, 2.75) is 46.5 Å². The average Bonchev–Trinajstić information content (AvgIpc) is 2.20. The molecule has 0 fully saturated rings. The first-order valence-electron chi connectivity index (χ1n) is 5.77. The number of hydrogen-bond acceptors (Lipinski definition) is 2. The van der Waals surface area contributed by atoms with Crippen molar-refractivity contribution in [1.82, 2.24) is 0 Å². The summed E-state index contributed by atoms with van der Waals surface area (Å²) in [6.45, 7) is 6.67. The first kappa shape index (κ1) is 12.3. The fourth-order valence-corrected chi connectivity index (χ4v) is 2.50. The van der Waals surface area contributed by atoms with E-state index in [1.54, 1.807) is 0 Å². The Balaban J connectivity index is 2.82. The molecule has 0 saturated heterocycles. The van der Waals surface area contributed by atoms with E-state index in [4.69, 9.17) is 4.74 Å². The molecule has 0 aromatic rings. The number of carbonyl (C=O) groups is 1. The van der Waals surface area contributed by atoms with Gasteiger partial charge in [0.2, 0.25) is 0 Å². The highest BCUT2D eigenvalue weighted by molar-refractivity contribution is 5.70. The summed E-state index contributed by atoms with van der Waals surface area (Å²) in [5.74, 6) is 0.276. The molecular weight excluding hydrogens is 188 g/mol. The average molecular weight is 210 g/mol. The Bertz CT molecular complexity index is 264. The van der Waals surface area contributed by atoms with E-state index < -0.39 is 0 Å². The topological polar surface area (TPSA) is 26.3 Å². The molecule has 0 saturated carbocycles. The van der Waals surface area contributed by atoms with Crippen LogP contribution in [0.1, 0.15) is 46.5 Å². The lowest BCUT2D eigenvalue weighted by atomic mass is 9.66. The Morgan fingerprint density at radius 1 is 1.60 bits per heavy atom. The zero-order chi connectivity index (χ0) is 11.5. The first-order valence-corrected chi connectivity index (χ1v) is 5.77. The van der Waals surface area contributed by atoms with Crippen molar-refractivity contribution < 1.29 is 9.53 Å². The third kappa shape index (κ3) is 2.83. The second kappa shape index (κ2) is 4.82. The van der Waals surface area contributed by atoms with E-state index in [-0.39, 0.29) is 11.4 Å². The van der Waals surface area contributed by atoms with Crippen LogP contribution in [0.4, 0.5) is 0 Å². The molecule has 0 radical (unpaired) electrons. The summed E-state index contributed by atoms with van der Waals surface area (Å²) in [5.41, 5.74) is 1.66. The SMILES string of the molecule is CCC1=CCCC(C)(C)C1CC(=O)OC. The minimum atomic E-state index is -0.0886. The predicted octanol–water partition coefficient (Wildman–Crippen LogP) is 3.32. The van der Waals surface area contributed by atoms with E-state index in [0.29, 0.717) is 12.3 Å². The van der Waals surface area contributed by atoms with Crippen molar-refractivity contribution in [2.75, 3.05) is 7.11 Å². The van der Waals surface area contributed by atoms with Gasteiger partial charge in [-0.15, -0.1) is 0 Å². The molecule has 86 valence electrons. The van der Waals surface area contributed by atoms with Crippen molar-refractivity contribution in [3.63, 3.8) is 0 Å². The zero-order valence-corrected chi connectivity index (χ0v) is 10.3. The maximum absolute atomic E-state index is 11.4. The largest absolute Gasteiger partial charge is 0.469 e. The number of allylic oxidation sites excluding steroid dienone is 2. The van der Waals surface area contributed by atoms with Crippen molar-refractivity contribution in [2.24, 2.45) is 11.3 Å². The highest BCUT2D eigenvalue weighted by Gasteiger charge is 2.35. The summed E-state index contributed by atoms with van der Waals surface area (Å²) in [7, 11) is 1.47. The monoisotopic (exact) mass is 210 g/mol. The minimum Gasteiger partial charge on any atom is -0.469 e. The van der Waals surface area contributed by atoms with E-state index in [9.17, 15) is 4.79 Å². The van der Waals surface area contributed by atoms with Crippen LogP contribution in [0.3, 0.4) is 0 Å². The molecule has 0 bridgehead atoms. The number of carbonyl (C=O) groups excluding carboxylic acids is 1. The van der Waals surface area contributed by atoms with Crippen LogP contribution in [0, 0.1) is 11.3 Å². The summed E-state index contributed by atoms with van der Waals surface area (Å²) in [6, 6.07) is 0. The molecule has 1 aliphatic rings. The molecule has 0 aromatic heterocycles. The molecule has 0 amide bonds. The van der Waals surface area contributed by atoms with Crippen molar-refractivity contribution in [1.29, 1.82) is 0 Å². The van der Waals surface area contributed by atoms with E-state index in [0.717, 1.165) is 19.3 Å². The fourth-order valence-electron chi connectivity index (χ4n) is 2.50. The Morgan fingerprint density at radius 3 is 2.80 bits per heavy atom. The van der Waals surface area contributed by atoms with Gasteiger partial charge in [-0.05, 0) is 30.6 Å². The Kier molecular flexibility index (Phi) is 3.95. The highest BCUT2D eigenvalue weighted by Crippen LogP contribution is 2.43. The van der Waals surface area contributed by atoms with Crippen LogP contribution in [-0.2, 0) is 9.53 Å². The van der Waals surface area contributed by atoms with Crippen LogP contribution in [0.5, 0.6) is 0 Å². The van der Waals surface area contributed by atoms with Crippen molar-refractivity contribution in [3.05, 3.63) is 11.6 Å². The van der Waals surface area contributed by atoms with Gasteiger partial charge in [0.05, 0.1) is 13.5 Å². The summed E-state index contributed by atoms with van der Waals surface area (Å²) < 4.78 is 4.77. The van der Waals surface area contributed by atoms with Gasteiger partial charge in [0.25, 0.3) is 0 Å². The molecule has 2 nitrogen and oxygen atoms in total. The van der Waals surface area contributed by atoms with Crippen LogP contribution in [-0.4, -0.2) is 13.1 Å². The quantitative estimate of drug-likeness (QED) is 0.527. The fraction of sp³-hybridized carbons (Fsp3) is 0.769. The van der Waals surface area contributed by atoms with Gasteiger partial charge in [-0.1, -0.05) is 32.4 Å². The molecule has 1 aliphatic carbocycles. The second-order valence-corrected chi connectivity index (χ2v) is 4.99. The van der Waals surface area contributed by atoms with Gasteiger partial charge in [0.1, 0.15) is 0 Å². The molecule has 0 aromatic carbocycles. The van der Waals surface area contributed by atoms with Gasteiger partial charge in [0, 0.05) is 0 Å². The molecule has 0 N–H and O–H groups in total. The third-order valence-electron chi connectivity index (χ3n) is 3.59. The van der Waals surface area contributed by atoms with Crippen LogP contribution < -0.4 is 0 Å². The third-order valence-corrected chi connectivity index (χ3v) is 3.59. The van der Waals surface area contributed by atoms with Gasteiger partial charge < -0.3 is 4.74 Å². The number of rotatable bonds is 3. The van der Waals surface area contributed by atoms with Gasteiger partial charge in [0.15, 0.2) is 0 Å². The van der Waals surface area contributed by atoms with Crippen LogP contribution in [0.2, 0.25) is 0 Å². The lowest BCUT2D eigenvalue weighted by Crippen LogP contribution is -2.30. The first-order chi connectivity index (χ1) is 7.01. The van der Waals surface area contributed by atoms with Crippen LogP contribution >= 0.6 is 0 Å². The molecule has 1 atom stereocenters. The molecule has 15 heavy (non-hydrogen) atoms. The Hall–Kier alpha value is -0.790. The molecule has 2 heteroatoms. The normalized spacial score (nSPS) is 24.5. The lowest BCUT2D eigenvalue weighted by Gasteiger charge is -2.38. The van der Waals surface area contributed by atoms with Crippen molar-refractivity contribution in [3.8, 4) is 0 Å². The van der Waals surface area contributed by atoms with E-state index in [1.165, 1.54) is 12.7 Å². The van der Waals surface area contributed by atoms with Crippen molar-refractivity contribution >= 4 is 5.97 Å².